The maximum absolute atomic E-state index is 12.3. The lowest BCUT2D eigenvalue weighted by Gasteiger charge is -2.19. The Morgan fingerprint density at radius 2 is 1.95 bits per heavy atom. The molecule has 0 atom stereocenters. The maximum Gasteiger partial charge on any atom is 0.254 e. The van der Waals surface area contributed by atoms with E-state index in [1.165, 1.54) is 11.8 Å². The van der Waals surface area contributed by atoms with Crippen molar-refractivity contribution in [3.63, 3.8) is 0 Å². The summed E-state index contributed by atoms with van der Waals surface area (Å²) in [6.07, 6.45) is 0.751. The molecule has 1 aliphatic rings. The number of benzene rings is 1. The number of carbonyl (C=O) groups is 3. The summed E-state index contributed by atoms with van der Waals surface area (Å²) in [5.41, 5.74) is 1.15. The summed E-state index contributed by atoms with van der Waals surface area (Å²) in [4.78, 5) is 36.2. The third-order valence-electron chi connectivity index (χ3n) is 3.00. The molecule has 0 radical (unpaired) electrons. The molecule has 0 unspecified atom stereocenters. The number of carbonyl (C=O) groups excluding carboxylic acids is 3. The molecule has 6 nitrogen and oxygen atoms in total. The van der Waals surface area contributed by atoms with E-state index in [2.05, 4.69) is 10.6 Å². The Kier molecular flexibility index (Phi) is 4.34. The van der Waals surface area contributed by atoms with E-state index in [1.807, 2.05) is 0 Å². The van der Waals surface area contributed by atoms with Crippen LogP contribution in [-0.2, 0) is 9.59 Å². The van der Waals surface area contributed by atoms with Gasteiger partial charge in [-0.2, -0.15) is 0 Å². The lowest BCUT2D eigenvalue weighted by molar-refractivity contribution is -0.121. The molecule has 2 rings (SSSR count). The molecule has 6 heteroatoms. The lowest BCUT2D eigenvalue weighted by atomic mass is 10.1. The molecular weight excluding hydrogens is 258 g/mol. The quantitative estimate of drug-likeness (QED) is 0.830. The Bertz CT molecular complexity index is 525. The first kappa shape index (κ1) is 14.0. The molecule has 1 aliphatic heterocycles. The van der Waals surface area contributed by atoms with Gasteiger partial charge in [0.05, 0.1) is 6.54 Å². The van der Waals surface area contributed by atoms with Gasteiger partial charge in [0.1, 0.15) is 0 Å². The zero-order chi connectivity index (χ0) is 14.5. The van der Waals surface area contributed by atoms with Gasteiger partial charge in [0.2, 0.25) is 11.8 Å². The molecule has 1 aromatic carbocycles. The third-order valence-corrected chi connectivity index (χ3v) is 3.00. The van der Waals surface area contributed by atoms with E-state index >= 15 is 0 Å². The Labute approximate surface area is 117 Å². The van der Waals surface area contributed by atoms with E-state index in [-0.39, 0.29) is 24.3 Å². The second-order valence-electron chi connectivity index (χ2n) is 4.69. The largest absolute Gasteiger partial charge is 0.354 e. The van der Waals surface area contributed by atoms with Crippen LogP contribution in [0.5, 0.6) is 0 Å². The van der Waals surface area contributed by atoms with Crippen molar-refractivity contribution in [3.8, 4) is 0 Å². The van der Waals surface area contributed by atoms with Crippen LogP contribution in [0.25, 0.3) is 0 Å². The molecule has 106 valence electrons. The van der Waals surface area contributed by atoms with E-state index in [1.54, 1.807) is 24.3 Å². The van der Waals surface area contributed by atoms with Crippen LogP contribution >= 0.6 is 0 Å². The van der Waals surface area contributed by atoms with Gasteiger partial charge < -0.3 is 15.5 Å². The van der Waals surface area contributed by atoms with E-state index in [4.69, 9.17) is 0 Å². The summed E-state index contributed by atoms with van der Waals surface area (Å²) in [6.45, 7) is 2.68. The lowest BCUT2D eigenvalue weighted by Crippen LogP contribution is -2.37. The summed E-state index contributed by atoms with van der Waals surface area (Å²) >= 11 is 0. The Balaban J connectivity index is 2.08. The van der Waals surface area contributed by atoms with Crippen molar-refractivity contribution in [2.45, 2.75) is 13.3 Å². The highest BCUT2D eigenvalue weighted by atomic mass is 16.2. The van der Waals surface area contributed by atoms with Crippen molar-refractivity contribution in [1.82, 2.24) is 10.2 Å². The van der Waals surface area contributed by atoms with Gasteiger partial charge >= 0.3 is 0 Å². The van der Waals surface area contributed by atoms with E-state index in [0.29, 0.717) is 24.3 Å². The molecule has 0 spiro atoms. The number of rotatable bonds is 2. The minimum Gasteiger partial charge on any atom is -0.354 e. The monoisotopic (exact) mass is 275 g/mol. The van der Waals surface area contributed by atoms with Crippen molar-refractivity contribution in [1.29, 1.82) is 0 Å². The third kappa shape index (κ3) is 3.57. The highest BCUT2D eigenvalue weighted by Gasteiger charge is 2.20. The van der Waals surface area contributed by atoms with Crippen LogP contribution in [0.1, 0.15) is 23.7 Å². The molecule has 0 saturated carbocycles. The molecule has 0 aliphatic carbocycles. The average Bonchev–Trinajstić information content (AvgIpc) is 2.63. The van der Waals surface area contributed by atoms with Crippen LogP contribution < -0.4 is 10.6 Å². The zero-order valence-corrected chi connectivity index (χ0v) is 11.3. The average molecular weight is 275 g/mol. The molecular formula is C14H17N3O3. The van der Waals surface area contributed by atoms with Gasteiger partial charge in [0.25, 0.3) is 5.91 Å². The van der Waals surface area contributed by atoms with Gasteiger partial charge in [-0.15, -0.1) is 0 Å². The minimum absolute atomic E-state index is 0.0896. The predicted octanol–water partition coefficient (Wildman–Crippen LogP) is 0.607. The van der Waals surface area contributed by atoms with Gasteiger partial charge in [-0.25, -0.2) is 0 Å². The first-order valence-electron chi connectivity index (χ1n) is 6.50. The van der Waals surface area contributed by atoms with Gasteiger partial charge in [0.15, 0.2) is 0 Å². The first-order chi connectivity index (χ1) is 9.56. The minimum atomic E-state index is -0.170. The number of anilines is 1. The molecule has 20 heavy (non-hydrogen) atoms. The fraction of sp³-hybridized carbons (Fsp3) is 0.357. The fourth-order valence-corrected chi connectivity index (χ4v) is 2.06. The van der Waals surface area contributed by atoms with Crippen molar-refractivity contribution >= 4 is 23.4 Å². The number of nitrogens with zero attached hydrogens (tertiary/aromatic N) is 1. The van der Waals surface area contributed by atoms with Crippen LogP contribution in [0.3, 0.4) is 0 Å². The molecule has 3 amide bonds. The SMILES string of the molecule is CC(=O)Nc1ccc(C(=O)N2CCCNC(=O)C2)cc1. The molecule has 0 bridgehead atoms. The van der Waals surface area contributed by atoms with Crippen LogP contribution in [0.15, 0.2) is 24.3 Å². The zero-order valence-electron chi connectivity index (χ0n) is 11.3. The number of hydrogen-bond acceptors (Lipinski definition) is 3. The second kappa shape index (κ2) is 6.18. The van der Waals surface area contributed by atoms with Crippen molar-refractivity contribution < 1.29 is 14.4 Å². The van der Waals surface area contributed by atoms with Crippen LogP contribution in [0, 0.1) is 0 Å². The van der Waals surface area contributed by atoms with E-state index < -0.39 is 0 Å². The summed E-state index contributed by atoms with van der Waals surface area (Å²) in [5.74, 6) is -0.463. The van der Waals surface area contributed by atoms with Crippen molar-refractivity contribution in [2.24, 2.45) is 0 Å². The fourth-order valence-electron chi connectivity index (χ4n) is 2.06. The summed E-state index contributed by atoms with van der Waals surface area (Å²) < 4.78 is 0. The van der Waals surface area contributed by atoms with Crippen LogP contribution in [0.4, 0.5) is 5.69 Å². The van der Waals surface area contributed by atoms with Gasteiger partial charge in [0, 0.05) is 31.3 Å². The molecule has 1 aromatic rings. The summed E-state index contributed by atoms with van der Waals surface area (Å²) in [5, 5.41) is 5.37. The van der Waals surface area contributed by atoms with Gasteiger partial charge in [-0.1, -0.05) is 0 Å². The standard InChI is InChI=1S/C14H17N3O3/c1-10(18)16-12-5-3-11(4-6-12)14(20)17-8-2-7-15-13(19)9-17/h3-6H,2,7-9H2,1H3,(H,15,19)(H,16,18). The van der Waals surface area contributed by atoms with Crippen LogP contribution in [0.2, 0.25) is 0 Å². The molecule has 2 N–H and O–H groups in total. The molecule has 1 saturated heterocycles. The normalized spacial score (nSPS) is 15.2. The van der Waals surface area contributed by atoms with E-state index in [9.17, 15) is 14.4 Å². The Hall–Kier alpha value is -2.37. The summed E-state index contributed by atoms with van der Waals surface area (Å²) in [6, 6.07) is 6.64. The van der Waals surface area contributed by atoms with Crippen molar-refractivity contribution in [3.05, 3.63) is 29.8 Å². The van der Waals surface area contributed by atoms with Crippen molar-refractivity contribution in [2.75, 3.05) is 25.0 Å². The predicted molar refractivity (Wildman–Crippen MR) is 74.3 cm³/mol. The van der Waals surface area contributed by atoms with Gasteiger partial charge in [-0.05, 0) is 30.7 Å². The highest BCUT2D eigenvalue weighted by Crippen LogP contribution is 2.12. The smallest absolute Gasteiger partial charge is 0.254 e. The Morgan fingerprint density at radius 3 is 2.60 bits per heavy atom. The highest BCUT2D eigenvalue weighted by molar-refractivity contribution is 5.97. The molecule has 0 aromatic heterocycles. The van der Waals surface area contributed by atoms with Crippen LogP contribution in [-0.4, -0.2) is 42.3 Å². The molecule has 1 heterocycles. The second-order valence-corrected chi connectivity index (χ2v) is 4.69. The first-order valence-corrected chi connectivity index (χ1v) is 6.50. The number of amides is 3. The number of nitrogens with one attached hydrogen (secondary N) is 2. The number of hydrogen-bond donors (Lipinski definition) is 2. The van der Waals surface area contributed by atoms with Gasteiger partial charge in [-0.3, -0.25) is 14.4 Å². The maximum atomic E-state index is 12.3. The topological polar surface area (TPSA) is 78.5 Å². The molecule has 1 fully saturated rings. The summed E-state index contributed by atoms with van der Waals surface area (Å²) in [7, 11) is 0. The van der Waals surface area contributed by atoms with E-state index in [0.717, 1.165) is 6.42 Å². The Morgan fingerprint density at radius 1 is 1.25 bits per heavy atom.